The molecule has 7 heteroatoms. The van der Waals surface area contributed by atoms with E-state index in [9.17, 15) is 9.18 Å². The average Bonchev–Trinajstić information content (AvgIpc) is 2.83. The number of carbonyl (C=O) groups is 1. The number of benzene rings is 1. The lowest BCUT2D eigenvalue weighted by atomic mass is 9.91. The Morgan fingerprint density at radius 3 is 3.00 bits per heavy atom. The number of nitrogens with two attached hydrogens (primary N) is 1. The van der Waals surface area contributed by atoms with Crippen molar-refractivity contribution >= 4 is 44.7 Å². The van der Waals surface area contributed by atoms with Gasteiger partial charge in [0.1, 0.15) is 4.99 Å². The molecule has 2 aliphatic rings. The standard InChI is InChI=1S/C14H15BrFN3OS/c15-11-8(13(17)21)3-4-9(12(11)16)19-5-1-2-7-10(19)6-18-14(7)20/h3-4,7,10H,1-2,5-6H2,(H2,17,21)(H,18,20). The molecule has 2 heterocycles. The molecule has 3 rings (SSSR count). The maximum Gasteiger partial charge on any atom is 0.225 e. The van der Waals surface area contributed by atoms with E-state index < -0.39 is 0 Å². The molecule has 0 saturated carbocycles. The molecule has 2 saturated heterocycles. The van der Waals surface area contributed by atoms with Crippen LogP contribution >= 0.6 is 28.1 Å². The van der Waals surface area contributed by atoms with Gasteiger partial charge in [0.2, 0.25) is 5.91 Å². The van der Waals surface area contributed by atoms with Gasteiger partial charge in [0.15, 0.2) is 5.82 Å². The van der Waals surface area contributed by atoms with E-state index in [0.717, 1.165) is 19.4 Å². The number of piperidine rings is 1. The first kappa shape index (κ1) is 14.7. The SMILES string of the molecule is NC(=S)c1ccc(N2CCCC3C(=O)NCC32)c(F)c1Br. The van der Waals surface area contributed by atoms with Crippen LogP contribution in [0.4, 0.5) is 10.1 Å². The van der Waals surface area contributed by atoms with Gasteiger partial charge in [0.25, 0.3) is 0 Å². The van der Waals surface area contributed by atoms with Crippen LogP contribution in [0.5, 0.6) is 0 Å². The Labute approximate surface area is 136 Å². The first-order valence-corrected chi connectivity index (χ1v) is 8.03. The van der Waals surface area contributed by atoms with E-state index in [1.54, 1.807) is 12.1 Å². The minimum Gasteiger partial charge on any atom is -0.389 e. The van der Waals surface area contributed by atoms with Gasteiger partial charge in [-0.3, -0.25) is 4.79 Å². The molecule has 0 bridgehead atoms. The van der Waals surface area contributed by atoms with Crippen molar-refractivity contribution in [2.45, 2.75) is 18.9 Å². The van der Waals surface area contributed by atoms with E-state index in [1.165, 1.54) is 0 Å². The van der Waals surface area contributed by atoms with Crippen molar-refractivity contribution in [1.82, 2.24) is 5.32 Å². The summed E-state index contributed by atoms with van der Waals surface area (Å²) in [6.45, 7) is 1.31. The maximum absolute atomic E-state index is 14.7. The third-order valence-electron chi connectivity index (χ3n) is 4.24. The number of amides is 1. The highest BCUT2D eigenvalue weighted by molar-refractivity contribution is 9.10. The molecule has 2 unspecified atom stereocenters. The van der Waals surface area contributed by atoms with Crippen molar-refractivity contribution in [2.75, 3.05) is 18.0 Å². The highest BCUT2D eigenvalue weighted by Gasteiger charge is 2.41. The van der Waals surface area contributed by atoms with Crippen molar-refractivity contribution in [3.8, 4) is 0 Å². The van der Waals surface area contributed by atoms with E-state index in [2.05, 4.69) is 21.2 Å². The zero-order chi connectivity index (χ0) is 15.1. The summed E-state index contributed by atoms with van der Waals surface area (Å²) in [6, 6.07) is 3.43. The fourth-order valence-electron chi connectivity index (χ4n) is 3.20. The number of nitrogens with one attached hydrogen (secondary N) is 1. The van der Waals surface area contributed by atoms with Crippen molar-refractivity contribution in [2.24, 2.45) is 11.7 Å². The number of anilines is 1. The van der Waals surface area contributed by atoms with E-state index in [0.29, 0.717) is 17.8 Å². The first-order chi connectivity index (χ1) is 10.0. The smallest absolute Gasteiger partial charge is 0.225 e. The van der Waals surface area contributed by atoms with Crippen molar-refractivity contribution in [3.63, 3.8) is 0 Å². The molecule has 3 N–H and O–H groups in total. The first-order valence-electron chi connectivity index (χ1n) is 6.83. The summed E-state index contributed by atoms with van der Waals surface area (Å²) in [7, 11) is 0. The third-order valence-corrected chi connectivity index (χ3v) is 5.23. The number of thiocarbonyl (C=S) groups is 1. The molecule has 2 atom stereocenters. The van der Waals surface area contributed by atoms with Crippen LogP contribution in [-0.2, 0) is 4.79 Å². The molecule has 21 heavy (non-hydrogen) atoms. The molecule has 0 spiro atoms. The minimum atomic E-state index is -0.375. The van der Waals surface area contributed by atoms with E-state index in [1.807, 2.05) is 4.90 Å². The predicted octanol–water partition coefficient (Wildman–Crippen LogP) is 1.94. The van der Waals surface area contributed by atoms with Gasteiger partial charge in [-0.1, -0.05) is 12.2 Å². The highest BCUT2D eigenvalue weighted by atomic mass is 79.9. The number of nitrogens with zero attached hydrogens (tertiary/aromatic N) is 1. The Balaban J connectivity index is 1.99. The van der Waals surface area contributed by atoms with Gasteiger partial charge in [0, 0.05) is 18.7 Å². The van der Waals surface area contributed by atoms with Gasteiger partial charge in [-0.2, -0.15) is 0 Å². The van der Waals surface area contributed by atoms with Crippen LogP contribution in [0, 0.1) is 11.7 Å². The number of hydrogen-bond acceptors (Lipinski definition) is 3. The summed E-state index contributed by atoms with van der Waals surface area (Å²) >= 11 is 8.14. The molecular weight excluding hydrogens is 357 g/mol. The zero-order valence-corrected chi connectivity index (χ0v) is 13.6. The number of carbonyl (C=O) groups excluding carboxylic acids is 1. The third kappa shape index (κ3) is 2.42. The fourth-order valence-corrected chi connectivity index (χ4v) is 4.05. The molecule has 1 aromatic carbocycles. The fraction of sp³-hybridized carbons (Fsp3) is 0.429. The van der Waals surface area contributed by atoms with Crippen LogP contribution in [0.1, 0.15) is 18.4 Å². The van der Waals surface area contributed by atoms with Gasteiger partial charge >= 0.3 is 0 Å². The quantitative estimate of drug-likeness (QED) is 0.780. The van der Waals surface area contributed by atoms with Gasteiger partial charge in [0.05, 0.1) is 22.1 Å². The lowest BCUT2D eigenvalue weighted by Gasteiger charge is -2.38. The largest absolute Gasteiger partial charge is 0.389 e. The zero-order valence-electron chi connectivity index (χ0n) is 11.2. The summed E-state index contributed by atoms with van der Waals surface area (Å²) < 4.78 is 14.9. The summed E-state index contributed by atoms with van der Waals surface area (Å²) in [5.41, 5.74) is 6.56. The number of rotatable bonds is 2. The second-order valence-corrected chi connectivity index (χ2v) is 6.61. The lowest BCUT2D eigenvalue weighted by molar-refractivity contribution is -0.123. The van der Waals surface area contributed by atoms with Gasteiger partial charge < -0.3 is 16.0 Å². The Morgan fingerprint density at radius 1 is 1.52 bits per heavy atom. The Bertz CT molecular complexity index is 624. The Kier molecular flexibility index (Phi) is 3.88. The summed E-state index contributed by atoms with van der Waals surface area (Å²) in [6.07, 6.45) is 1.74. The lowest BCUT2D eigenvalue weighted by Crippen LogP contribution is -2.46. The molecule has 4 nitrogen and oxygen atoms in total. The number of fused-ring (bicyclic) bond motifs is 1. The van der Waals surface area contributed by atoms with Gasteiger partial charge in [-0.15, -0.1) is 0 Å². The molecular formula is C14H15BrFN3OS. The monoisotopic (exact) mass is 371 g/mol. The van der Waals surface area contributed by atoms with Crippen molar-refractivity contribution in [3.05, 3.63) is 28.0 Å². The summed E-state index contributed by atoms with van der Waals surface area (Å²) in [5, 5.41) is 2.87. The molecule has 112 valence electrons. The minimum absolute atomic E-state index is 0.0170. The van der Waals surface area contributed by atoms with E-state index in [-0.39, 0.29) is 33.1 Å². The molecule has 0 aliphatic carbocycles. The molecule has 0 aromatic heterocycles. The van der Waals surface area contributed by atoms with E-state index in [4.69, 9.17) is 18.0 Å². The van der Waals surface area contributed by atoms with Crippen LogP contribution < -0.4 is 16.0 Å². The van der Waals surface area contributed by atoms with Crippen molar-refractivity contribution < 1.29 is 9.18 Å². The van der Waals surface area contributed by atoms with Gasteiger partial charge in [-0.05, 0) is 40.9 Å². The highest BCUT2D eigenvalue weighted by Crippen LogP contribution is 2.36. The topological polar surface area (TPSA) is 58.4 Å². The predicted molar refractivity (Wildman–Crippen MR) is 86.9 cm³/mol. The molecule has 1 amide bonds. The molecule has 2 aliphatic heterocycles. The van der Waals surface area contributed by atoms with Crippen LogP contribution in [-0.4, -0.2) is 30.0 Å². The summed E-state index contributed by atoms with van der Waals surface area (Å²) in [4.78, 5) is 13.9. The second kappa shape index (κ2) is 5.53. The van der Waals surface area contributed by atoms with Crippen molar-refractivity contribution in [1.29, 1.82) is 0 Å². The van der Waals surface area contributed by atoms with Crippen LogP contribution in [0.2, 0.25) is 0 Å². The van der Waals surface area contributed by atoms with Crippen LogP contribution in [0.15, 0.2) is 16.6 Å². The average molecular weight is 372 g/mol. The second-order valence-electron chi connectivity index (χ2n) is 5.38. The molecule has 1 aromatic rings. The maximum atomic E-state index is 14.7. The Hall–Kier alpha value is -1.21. The van der Waals surface area contributed by atoms with Gasteiger partial charge in [-0.25, -0.2) is 4.39 Å². The van der Waals surface area contributed by atoms with Crippen LogP contribution in [0.25, 0.3) is 0 Å². The normalized spacial score (nSPS) is 24.7. The molecule has 2 fully saturated rings. The number of halogens is 2. The molecule has 0 radical (unpaired) electrons. The van der Waals surface area contributed by atoms with E-state index >= 15 is 0 Å². The Morgan fingerprint density at radius 2 is 2.29 bits per heavy atom. The summed E-state index contributed by atoms with van der Waals surface area (Å²) in [5.74, 6) is -0.351. The number of hydrogen-bond donors (Lipinski definition) is 2. The van der Waals surface area contributed by atoms with Crippen LogP contribution in [0.3, 0.4) is 0 Å².